The standard InChI is InChI=1S/C15H21NO6S/c1-11(2)22-12-3-5-13(6-4-12)23(19,20)16-15(9-14(17)18)7-8-21-10-15/h3-6,11,16H,7-10H2,1-2H3,(H,17,18). The van der Waals surface area contributed by atoms with E-state index in [-0.39, 0.29) is 24.0 Å². The summed E-state index contributed by atoms with van der Waals surface area (Å²) in [7, 11) is -3.84. The highest BCUT2D eigenvalue weighted by atomic mass is 32.2. The second-order valence-electron chi connectivity index (χ2n) is 5.90. The first-order valence-corrected chi connectivity index (χ1v) is 8.81. The van der Waals surface area contributed by atoms with Gasteiger partial charge in [-0.3, -0.25) is 4.79 Å². The minimum Gasteiger partial charge on any atom is -0.491 e. The van der Waals surface area contributed by atoms with Crippen molar-refractivity contribution in [1.82, 2.24) is 4.72 Å². The van der Waals surface area contributed by atoms with E-state index in [0.717, 1.165) is 0 Å². The van der Waals surface area contributed by atoms with Gasteiger partial charge < -0.3 is 14.6 Å². The van der Waals surface area contributed by atoms with E-state index in [2.05, 4.69) is 4.72 Å². The first kappa shape index (κ1) is 17.7. The predicted octanol–water partition coefficient (Wildman–Crippen LogP) is 1.39. The van der Waals surface area contributed by atoms with Crippen LogP contribution >= 0.6 is 0 Å². The summed E-state index contributed by atoms with van der Waals surface area (Å²) in [6.45, 7) is 4.13. The Kier molecular flexibility index (Phi) is 5.28. The molecule has 1 aromatic carbocycles. The van der Waals surface area contributed by atoms with Crippen molar-refractivity contribution in [1.29, 1.82) is 0 Å². The number of carboxylic acids is 1. The van der Waals surface area contributed by atoms with Gasteiger partial charge in [0.2, 0.25) is 10.0 Å². The number of carbonyl (C=O) groups is 1. The lowest BCUT2D eigenvalue weighted by Crippen LogP contribution is -2.50. The van der Waals surface area contributed by atoms with E-state index in [1.165, 1.54) is 12.1 Å². The topological polar surface area (TPSA) is 102 Å². The van der Waals surface area contributed by atoms with Crippen molar-refractivity contribution in [3.05, 3.63) is 24.3 Å². The molecule has 1 aliphatic heterocycles. The lowest BCUT2D eigenvalue weighted by molar-refractivity contribution is -0.138. The van der Waals surface area contributed by atoms with Crippen molar-refractivity contribution < 1.29 is 27.8 Å². The Labute approximate surface area is 135 Å². The van der Waals surface area contributed by atoms with Crippen molar-refractivity contribution in [3.63, 3.8) is 0 Å². The zero-order chi connectivity index (χ0) is 17.1. The molecule has 1 aliphatic rings. The van der Waals surface area contributed by atoms with Crippen LogP contribution in [-0.4, -0.2) is 44.4 Å². The minimum absolute atomic E-state index is 0.00921. The Morgan fingerprint density at radius 2 is 2.04 bits per heavy atom. The molecule has 8 heteroatoms. The fraction of sp³-hybridized carbons (Fsp3) is 0.533. The summed E-state index contributed by atoms with van der Waals surface area (Å²) >= 11 is 0. The highest BCUT2D eigenvalue weighted by Gasteiger charge is 2.41. The maximum Gasteiger partial charge on any atom is 0.305 e. The highest BCUT2D eigenvalue weighted by molar-refractivity contribution is 7.89. The maximum absolute atomic E-state index is 12.5. The summed E-state index contributed by atoms with van der Waals surface area (Å²) in [4.78, 5) is 11.1. The van der Waals surface area contributed by atoms with Gasteiger partial charge in [0.25, 0.3) is 0 Å². The number of nitrogens with one attached hydrogen (secondary N) is 1. The Hall–Kier alpha value is -1.64. The molecule has 1 heterocycles. The zero-order valence-corrected chi connectivity index (χ0v) is 13.9. The molecule has 0 saturated carbocycles. The first-order chi connectivity index (χ1) is 10.7. The smallest absolute Gasteiger partial charge is 0.305 e. The summed E-state index contributed by atoms with van der Waals surface area (Å²) in [5.74, 6) is -0.498. The molecular formula is C15H21NO6S. The summed E-state index contributed by atoms with van der Waals surface area (Å²) in [6, 6.07) is 6.02. The van der Waals surface area contributed by atoms with Gasteiger partial charge in [-0.1, -0.05) is 0 Å². The lowest BCUT2D eigenvalue weighted by Gasteiger charge is -2.26. The molecular weight excluding hydrogens is 322 g/mol. The number of sulfonamides is 1. The summed E-state index contributed by atoms with van der Waals surface area (Å²) in [5.41, 5.74) is -1.10. The number of ether oxygens (including phenoxy) is 2. The molecule has 0 bridgehead atoms. The highest BCUT2D eigenvalue weighted by Crippen LogP contribution is 2.26. The third-order valence-electron chi connectivity index (χ3n) is 3.45. The Balaban J connectivity index is 2.18. The lowest BCUT2D eigenvalue weighted by atomic mass is 9.96. The van der Waals surface area contributed by atoms with Gasteiger partial charge in [-0.25, -0.2) is 13.1 Å². The zero-order valence-electron chi connectivity index (χ0n) is 13.1. The van der Waals surface area contributed by atoms with Gasteiger partial charge in [0.05, 0.1) is 29.6 Å². The van der Waals surface area contributed by atoms with E-state index in [9.17, 15) is 13.2 Å². The number of carboxylic acid groups (broad SMARTS) is 1. The number of aliphatic carboxylic acids is 1. The average Bonchev–Trinajstić information content (AvgIpc) is 2.85. The van der Waals surface area contributed by atoms with Gasteiger partial charge in [0.1, 0.15) is 5.75 Å². The molecule has 128 valence electrons. The monoisotopic (exact) mass is 343 g/mol. The van der Waals surface area contributed by atoms with Crippen LogP contribution in [0.4, 0.5) is 0 Å². The molecule has 0 aromatic heterocycles. The van der Waals surface area contributed by atoms with E-state index < -0.39 is 21.5 Å². The van der Waals surface area contributed by atoms with Gasteiger partial charge >= 0.3 is 5.97 Å². The minimum atomic E-state index is -3.84. The van der Waals surface area contributed by atoms with E-state index in [4.69, 9.17) is 14.6 Å². The van der Waals surface area contributed by atoms with Crippen LogP contribution in [0, 0.1) is 0 Å². The van der Waals surface area contributed by atoms with Crippen LogP contribution in [0.25, 0.3) is 0 Å². The number of hydrogen-bond donors (Lipinski definition) is 2. The van der Waals surface area contributed by atoms with Crippen molar-refractivity contribution in [3.8, 4) is 5.75 Å². The Bertz CT molecular complexity index is 647. The second kappa shape index (κ2) is 6.86. The maximum atomic E-state index is 12.5. The number of benzene rings is 1. The van der Waals surface area contributed by atoms with Gasteiger partial charge in [0.15, 0.2) is 0 Å². The van der Waals surface area contributed by atoms with Crippen LogP contribution in [0.5, 0.6) is 5.75 Å². The van der Waals surface area contributed by atoms with Crippen LogP contribution < -0.4 is 9.46 Å². The SMILES string of the molecule is CC(C)Oc1ccc(S(=O)(=O)NC2(CC(=O)O)CCOC2)cc1. The molecule has 1 saturated heterocycles. The largest absolute Gasteiger partial charge is 0.491 e. The molecule has 23 heavy (non-hydrogen) atoms. The molecule has 0 spiro atoms. The Morgan fingerprint density at radius 1 is 1.39 bits per heavy atom. The molecule has 1 fully saturated rings. The van der Waals surface area contributed by atoms with E-state index >= 15 is 0 Å². The fourth-order valence-electron chi connectivity index (χ4n) is 2.47. The van der Waals surface area contributed by atoms with Crippen molar-refractivity contribution in [2.45, 2.75) is 43.2 Å². The van der Waals surface area contributed by atoms with Crippen LogP contribution in [0.1, 0.15) is 26.7 Å². The first-order valence-electron chi connectivity index (χ1n) is 7.33. The second-order valence-corrected chi connectivity index (χ2v) is 7.58. The molecule has 7 nitrogen and oxygen atoms in total. The molecule has 0 aliphatic carbocycles. The average molecular weight is 343 g/mol. The molecule has 1 atom stereocenters. The molecule has 2 N–H and O–H groups in total. The van der Waals surface area contributed by atoms with Gasteiger partial charge in [-0.15, -0.1) is 0 Å². The molecule has 2 rings (SSSR count). The predicted molar refractivity (Wildman–Crippen MR) is 82.9 cm³/mol. The number of rotatable bonds is 7. The van der Waals surface area contributed by atoms with Gasteiger partial charge in [-0.2, -0.15) is 0 Å². The summed E-state index contributed by atoms with van der Waals surface area (Å²) in [5, 5.41) is 9.02. The summed E-state index contributed by atoms with van der Waals surface area (Å²) in [6.07, 6.45) is -0.00142. The molecule has 1 unspecified atom stereocenters. The van der Waals surface area contributed by atoms with E-state index in [1.54, 1.807) is 12.1 Å². The van der Waals surface area contributed by atoms with Crippen molar-refractivity contribution in [2.24, 2.45) is 0 Å². The molecule has 1 aromatic rings. The van der Waals surface area contributed by atoms with E-state index in [1.807, 2.05) is 13.8 Å². The van der Waals surface area contributed by atoms with Crippen molar-refractivity contribution in [2.75, 3.05) is 13.2 Å². The van der Waals surface area contributed by atoms with Crippen LogP contribution in [0.2, 0.25) is 0 Å². The van der Waals surface area contributed by atoms with Gasteiger partial charge in [0, 0.05) is 6.61 Å². The van der Waals surface area contributed by atoms with E-state index in [0.29, 0.717) is 18.8 Å². The number of hydrogen-bond acceptors (Lipinski definition) is 5. The molecule has 0 radical (unpaired) electrons. The van der Waals surface area contributed by atoms with Gasteiger partial charge in [-0.05, 0) is 44.5 Å². The van der Waals surface area contributed by atoms with Crippen molar-refractivity contribution >= 4 is 16.0 Å². The third-order valence-corrected chi connectivity index (χ3v) is 5.04. The van der Waals surface area contributed by atoms with Crippen LogP contribution in [-0.2, 0) is 19.6 Å². The quantitative estimate of drug-likeness (QED) is 0.775. The molecule has 0 amide bonds. The fourth-order valence-corrected chi connectivity index (χ4v) is 3.88. The normalized spacial score (nSPS) is 21.5. The summed E-state index contributed by atoms with van der Waals surface area (Å²) < 4.78 is 38.2. The van der Waals surface area contributed by atoms with Crippen LogP contribution in [0.15, 0.2) is 29.2 Å². The van der Waals surface area contributed by atoms with Crippen LogP contribution in [0.3, 0.4) is 0 Å². The Morgan fingerprint density at radius 3 is 2.52 bits per heavy atom. The third kappa shape index (κ3) is 4.66.